The highest BCUT2D eigenvalue weighted by Gasteiger charge is 2.11. The van der Waals surface area contributed by atoms with Gasteiger partial charge in [0.15, 0.2) is 0 Å². The molecule has 5 rings (SSSR count). The van der Waals surface area contributed by atoms with E-state index in [1.165, 1.54) is 21.8 Å². The van der Waals surface area contributed by atoms with Gasteiger partial charge in [0.1, 0.15) is 6.33 Å². The number of nitrogens with zero attached hydrogens (tertiary/aromatic N) is 3. The Morgan fingerprint density at radius 3 is 2.08 bits per heavy atom. The molecule has 2 heterocycles. The molecule has 3 aromatic carbocycles. The smallest absolute Gasteiger partial charge is 0.116 e. The van der Waals surface area contributed by atoms with Gasteiger partial charge in [-0.2, -0.15) is 0 Å². The van der Waals surface area contributed by atoms with E-state index in [-0.39, 0.29) is 0 Å². The van der Waals surface area contributed by atoms with Crippen molar-refractivity contribution in [3.05, 3.63) is 91.4 Å². The van der Waals surface area contributed by atoms with Gasteiger partial charge in [0.25, 0.3) is 0 Å². The molecule has 25 heavy (non-hydrogen) atoms. The molecule has 3 nitrogen and oxygen atoms in total. The zero-order chi connectivity index (χ0) is 16.6. The molecule has 0 spiro atoms. The summed E-state index contributed by atoms with van der Waals surface area (Å²) in [6.45, 7) is 0. The van der Waals surface area contributed by atoms with Crippen LogP contribution in [0.2, 0.25) is 0 Å². The van der Waals surface area contributed by atoms with Crippen molar-refractivity contribution >= 4 is 21.8 Å². The standard InChI is InChI=1S/C22H15N3/c1-3-10-21-18(8-1)19-9-2-4-11-22(19)25(21)17-7-5-6-16(14-17)20-12-13-23-15-24-20/h1-15H. The second-order valence-corrected chi connectivity index (χ2v) is 6.01. The lowest BCUT2D eigenvalue weighted by molar-refractivity contribution is 1.16. The maximum atomic E-state index is 4.38. The van der Waals surface area contributed by atoms with Gasteiger partial charge in [-0.05, 0) is 30.3 Å². The van der Waals surface area contributed by atoms with Crippen molar-refractivity contribution in [1.82, 2.24) is 14.5 Å². The minimum atomic E-state index is 0.928. The molecule has 118 valence electrons. The third kappa shape index (κ3) is 2.21. The Balaban J connectivity index is 1.81. The molecule has 2 aromatic heterocycles. The maximum absolute atomic E-state index is 4.38. The average molecular weight is 321 g/mol. The van der Waals surface area contributed by atoms with E-state index in [4.69, 9.17) is 0 Å². The Bertz CT molecular complexity index is 1140. The second-order valence-electron chi connectivity index (χ2n) is 6.01. The first-order chi connectivity index (χ1) is 12.4. The van der Waals surface area contributed by atoms with E-state index in [0.29, 0.717) is 0 Å². The summed E-state index contributed by atoms with van der Waals surface area (Å²) in [7, 11) is 0. The number of benzene rings is 3. The van der Waals surface area contributed by atoms with Gasteiger partial charge in [-0.1, -0.05) is 48.5 Å². The molecule has 0 fully saturated rings. The number of fused-ring (bicyclic) bond motifs is 3. The van der Waals surface area contributed by atoms with Crippen molar-refractivity contribution < 1.29 is 0 Å². The van der Waals surface area contributed by atoms with Gasteiger partial charge in [-0.15, -0.1) is 0 Å². The van der Waals surface area contributed by atoms with Crippen LogP contribution in [-0.2, 0) is 0 Å². The van der Waals surface area contributed by atoms with E-state index in [9.17, 15) is 0 Å². The molecule has 0 unspecified atom stereocenters. The predicted molar refractivity (Wildman–Crippen MR) is 102 cm³/mol. The predicted octanol–water partition coefficient (Wildman–Crippen LogP) is 5.24. The van der Waals surface area contributed by atoms with Gasteiger partial charge in [-0.3, -0.25) is 0 Å². The average Bonchev–Trinajstić information content (AvgIpc) is 3.03. The van der Waals surface area contributed by atoms with Crippen LogP contribution in [0, 0.1) is 0 Å². The molecule has 0 radical (unpaired) electrons. The Kier molecular flexibility index (Phi) is 3.10. The zero-order valence-electron chi connectivity index (χ0n) is 13.5. The quantitative estimate of drug-likeness (QED) is 0.445. The third-order valence-electron chi connectivity index (χ3n) is 4.56. The summed E-state index contributed by atoms with van der Waals surface area (Å²) in [5.74, 6) is 0. The fraction of sp³-hybridized carbons (Fsp3) is 0. The van der Waals surface area contributed by atoms with Crippen molar-refractivity contribution in [2.75, 3.05) is 0 Å². The highest BCUT2D eigenvalue weighted by molar-refractivity contribution is 6.09. The van der Waals surface area contributed by atoms with Crippen molar-refractivity contribution in [3.8, 4) is 16.9 Å². The van der Waals surface area contributed by atoms with Crippen LogP contribution >= 0.6 is 0 Å². The van der Waals surface area contributed by atoms with Crippen LogP contribution in [0.25, 0.3) is 38.8 Å². The lowest BCUT2D eigenvalue weighted by Crippen LogP contribution is -1.94. The normalized spacial score (nSPS) is 11.2. The first-order valence-electron chi connectivity index (χ1n) is 8.27. The molecule has 0 saturated heterocycles. The molecule has 0 amide bonds. The van der Waals surface area contributed by atoms with Crippen molar-refractivity contribution in [2.24, 2.45) is 0 Å². The number of rotatable bonds is 2. The molecule has 3 heteroatoms. The van der Waals surface area contributed by atoms with Gasteiger partial charge in [0.05, 0.1) is 16.7 Å². The van der Waals surface area contributed by atoms with Gasteiger partial charge in [-0.25, -0.2) is 9.97 Å². The number of para-hydroxylation sites is 2. The van der Waals surface area contributed by atoms with Crippen molar-refractivity contribution in [1.29, 1.82) is 0 Å². The van der Waals surface area contributed by atoms with Crippen molar-refractivity contribution in [3.63, 3.8) is 0 Å². The van der Waals surface area contributed by atoms with E-state index in [0.717, 1.165) is 16.9 Å². The number of hydrogen-bond donors (Lipinski definition) is 0. The first-order valence-corrected chi connectivity index (χ1v) is 8.27. The molecular formula is C22H15N3. The van der Waals surface area contributed by atoms with E-state index >= 15 is 0 Å². The largest absolute Gasteiger partial charge is 0.309 e. The summed E-state index contributed by atoms with van der Waals surface area (Å²) in [6, 6.07) is 27.5. The Hall–Kier alpha value is -3.46. The SMILES string of the molecule is c1cc(-c2ccncn2)cc(-n2c3ccccc3c3ccccc32)c1. The Labute approximate surface area is 145 Å². The van der Waals surface area contributed by atoms with Crippen LogP contribution < -0.4 is 0 Å². The van der Waals surface area contributed by atoms with E-state index in [1.807, 2.05) is 6.07 Å². The maximum Gasteiger partial charge on any atom is 0.116 e. The zero-order valence-corrected chi connectivity index (χ0v) is 13.5. The minimum Gasteiger partial charge on any atom is -0.309 e. The summed E-state index contributed by atoms with van der Waals surface area (Å²) in [6.07, 6.45) is 3.36. The lowest BCUT2D eigenvalue weighted by Gasteiger charge is -2.09. The topological polar surface area (TPSA) is 30.7 Å². The molecule has 0 bridgehead atoms. The Morgan fingerprint density at radius 1 is 0.680 bits per heavy atom. The van der Waals surface area contributed by atoms with Gasteiger partial charge in [0.2, 0.25) is 0 Å². The lowest BCUT2D eigenvalue weighted by atomic mass is 10.1. The minimum absolute atomic E-state index is 0.928. The molecule has 0 atom stereocenters. The van der Waals surface area contributed by atoms with Crippen LogP contribution in [0.5, 0.6) is 0 Å². The number of hydrogen-bond acceptors (Lipinski definition) is 2. The summed E-state index contributed by atoms with van der Waals surface area (Å²) >= 11 is 0. The van der Waals surface area contributed by atoms with Crippen LogP contribution in [0.15, 0.2) is 91.4 Å². The van der Waals surface area contributed by atoms with E-state index in [1.54, 1.807) is 12.5 Å². The first kappa shape index (κ1) is 13.9. The Morgan fingerprint density at radius 2 is 1.40 bits per heavy atom. The summed E-state index contributed by atoms with van der Waals surface area (Å²) in [5.41, 5.74) is 5.57. The monoisotopic (exact) mass is 321 g/mol. The van der Waals surface area contributed by atoms with Gasteiger partial charge < -0.3 is 4.57 Å². The molecular weight excluding hydrogens is 306 g/mol. The fourth-order valence-corrected chi connectivity index (χ4v) is 3.47. The highest BCUT2D eigenvalue weighted by Crippen LogP contribution is 2.32. The molecule has 0 N–H and O–H groups in total. The fourth-order valence-electron chi connectivity index (χ4n) is 3.47. The third-order valence-corrected chi connectivity index (χ3v) is 4.56. The van der Waals surface area contributed by atoms with Crippen molar-refractivity contribution in [2.45, 2.75) is 0 Å². The van der Waals surface area contributed by atoms with Crippen LogP contribution in [0.1, 0.15) is 0 Å². The molecule has 0 aliphatic carbocycles. The summed E-state index contributed by atoms with van der Waals surface area (Å²) in [5, 5.41) is 2.54. The van der Waals surface area contributed by atoms with Crippen LogP contribution in [0.3, 0.4) is 0 Å². The summed E-state index contributed by atoms with van der Waals surface area (Å²) in [4.78, 5) is 8.38. The van der Waals surface area contributed by atoms with E-state index < -0.39 is 0 Å². The molecule has 0 aliphatic rings. The molecule has 0 saturated carbocycles. The van der Waals surface area contributed by atoms with Gasteiger partial charge >= 0.3 is 0 Å². The molecule has 0 aliphatic heterocycles. The highest BCUT2D eigenvalue weighted by atomic mass is 15.0. The van der Waals surface area contributed by atoms with Gasteiger partial charge in [0, 0.05) is 28.2 Å². The summed E-state index contributed by atoms with van der Waals surface area (Å²) < 4.78 is 2.31. The van der Waals surface area contributed by atoms with Crippen LogP contribution in [0.4, 0.5) is 0 Å². The van der Waals surface area contributed by atoms with E-state index in [2.05, 4.69) is 87.3 Å². The van der Waals surface area contributed by atoms with Crippen LogP contribution in [-0.4, -0.2) is 14.5 Å². The second kappa shape index (κ2) is 5.56. The number of aromatic nitrogens is 3. The molecule has 5 aromatic rings.